The Morgan fingerprint density at radius 2 is 1.79 bits per heavy atom. The second kappa shape index (κ2) is 5.46. The molecule has 1 fully saturated rings. The first kappa shape index (κ1) is 14.3. The van der Waals surface area contributed by atoms with E-state index in [1.54, 1.807) is 0 Å². The number of aryl methyl sites for hydroxylation is 2. The van der Waals surface area contributed by atoms with Crippen LogP contribution < -0.4 is 0 Å². The first-order valence-corrected chi connectivity index (χ1v) is 7.14. The fraction of sp³-hybridized carbons (Fsp3) is 0.588. The molecule has 1 aliphatic heterocycles. The average molecular weight is 260 g/mol. The summed E-state index contributed by atoms with van der Waals surface area (Å²) in [7, 11) is 0. The number of hydrogen-bond acceptors (Lipinski definition) is 2. The molecule has 0 bridgehead atoms. The van der Waals surface area contributed by atoms with Gasteiger partial charge in [0.25, 0.3) is 0 Å². The Morgan fingerprint density at radius 1 is 1.11 bits per heavy atom. The molecule has 2 nitrogen and oxygen atoms in total. The van der Waals surface area contributed by atoms with Crippen molar-refractivity contribution in [2.24, 2.45) is 11.8 Å². The topological polar surface area (TPSA) is 26.3 Å². The molecule has 1 heterocycles. The smallest absolute Gasteiger partial charge is 0.143 e. The third-order valence-corrected chi connectivity index (χ3v) is 4.56. The van der Waals surface area contributed by atoms with Gasteiger partial charge in [-0.15, -0.1) is 0 Å². The summed E-state index contributed by atoms with van der Waals surface area (Å²) < 4.78 is 5.77. The number of ketones is 1. The summed E-state index contributed by atoms with van der Waals surface area (Å²) >= 11 is 0. The van der Waals surface area contributed by atoms with Crippen molar-refractivity contribution in [1.29, 1.82) is 0 Å². The Kier molecular flexibility index (Phi) is 4.10. The Balaban J connectivity index is 2.10. The quantitative estimate of drug-likeness (QED) is 0.831. The van der Waals surface area contributed by atoms with E-state index >= 15 is 0 Å². The highest BCUT2D eigenvalue weighted by Crippen LogP contribution is 2.33. The van der Waals surface area contributed by atoms with Crippen LogP contribution in [-0.4, -0.2) is 18.0 Å². The first-order chi connectivity index (χ1) is 8.90. The number of carbonyl (C=O) groups excluding carboxylic acids is 1. The average Bonchev–Trinajstić information content (AvgIpc) is 2.58. The van der Waals surface area contributed by atoms with Crippen molar-refractivity contribution >= 4 is 5.78 Å². The Morgan fingerprint density at radius 3 is 2.32 bits per heavy atom. The van der Waals surface area contributed by atoms with Gasteiger partial charge in [0.2, 0.25) is 0 Å². The summed E-state index contributed by atoms with van der Waals surface area (Å²) in [6.45, 7) is 10.4. The molecule has 4 unspecified atom stereocenters. The van der Waals surface area contributed by atoms with Gasteiger partial charge in [-0.1, -0.05) is 25.1 Å². The summed E-state index contributed by atoms with van der Waals surface area (Å²) in [4.78, 5) is 12.5. The van der Waals surface area contributed by atoms with Crippen LogP contribution in [-0.2, 0) is 16.0 Å². The van der Waals surface area contributed by atoms with Crippen LogP contribution in [0.4, 0.5) is 0 Å². The van der Waals surface area contributed by atoms with Gasteiger partial charge in [0.05, 0.1) is 12.2 Å². The minimum absolute atomic E-state index is 0.0385. The van der Waals surface area contributed by atoms with Crippen LogP contribution in [0.3, 0.4) is 0 Å². The Hall–Kier alpha value is -1.15. The molecular weight excluding hydrogens is 236 g/mol. The summed E-state index contributed by atoms with van der Waals surface area (Å²) in [5, 5.41) is 0. The molecule has 1 saturated heterocycles. The van der Waals surface area contributed by atoms with E-state index in [0.717, 1.165) is 5.56 Å². The lowest BCUT2D eigenvalue weighted by molar-refractivity contribution is -0.124. The summed E-state index contributed by atoms with van der Waals surface area (Å²) in [6.07, 6.45) is 0.754. The number of hydrogen-bond donors (Lipinski definition) is 0. The fourth-order valence-corrected chi connectivity index (χ4v) is 3.05. The Labute approximate surface area is 116 Å². The van der Waals surface area contributed by atoms with Gasteiger partial charge >= 0.3 is 0 Å². The maximum Gasteiger partial charge on any atom is 0.143 e. The third-order valence-electron chi connectivity index (χ3n) is 4.56. The molecule has 4 atom stereocenters. The molecule has 0 spiro atoms. The molecular formula is C17H24O2. The molecule has 0 radical (unpaired) electrons. The zero-order valence-corrected chi connectivity index (χ0v) is 12.6. The normalized spacial score (nSPS) is 30.6. The largest absolute Gasteiger partial charge is 0.375 e. The summed E-state index contributed by atoms with van der Waals surface area (Å²) in [5.41, 5.74) is 3.64. The monoisotopic (exact) mass is 260 g/mol. The van der Waals surface area contributed by atoms with Crippen LogP contribution in [0.15, 0.2) is 18.2 Å². The van der Waals surface area contributed by atoms with Crippen molar-refractivity contribution in [2.75, 3.05) is 0 Å². The molecule has 19 heavy (non-hydrogen) atoms. The van der Waals surface area contributed by atoms with Crippen molar-refractivity contribution in [3.05, 3.63) is 34.9 Å². The van der Waals surface area contributed by atoms with Crippen LogP contribution >= 0.6 is 0 Å². The van der Waals surface area contributed by atoms with Gasteiger partial charge in [0, 0.05) is 12.3 Å². The number of carbonyl (C=O) groups is 1. The van der Waals surface area contributed by atoms with Gasteiger partial charge in [0.1, 0.15) is 5.78 Å². The maximum atomic E-state index is 12.5. The number of rotatable bonds is 3. The van der Waals surface area contributed by atoms with Crippen LogP contribution in [0.25, 0.3) is 0 Å². The molecule has 0 saturated carbocycles. The van der Waals surface area contributed by atoms with Crippen molar-refractivity contribution in [2.45, 2.75) is 53.2 Å². The Bertz CT molecular complexity index is 478. The van der Waals surface area contributed by atoms with E-state index in [2.05, 4.69) is 45.9 Å². The molecule has 0 amide bonds. The van der Waals surface area contributed by atoms with Crippen molar-refractivity contribution in [1.82, 2.24) is 0 Å². The zero-order valence-electron chi connectivity index (χ0n) is 12.6. The predicted molar refractivity (Wildman–Crippen MR) is 77.3 cm³/mol. The molecule has 1 aromatic rings. The standard InChI is InChI=1S/C17H24O2/c1-10-6-7-15(8-11(10)2)9-16(18)17-12(3)13(4)19-14(17)5/h6-8,12-14,17H,9H2,1-5H3. The fourth-order valence-electron chi connectivity index (χ4n) is 3.05. The zero-order chi connectivity index (χ0) is 14.2. The molecule has 104 valence electrons. The predicted octanol–water partition coefficient (Wildman–Crippen LogP) is 3.47. The third kappa shape index (κ3) is 2.89. The van der Waals surface area contributed by atoms with Gasteiger partial charge in [-0.05, 0) is 50.3 Å². The minimum atomic E-state index is 0.0385. The molecule has 1 aromatic carbocycles. The van der Waals surface area contributed by atoms with E-state index in [1.807, 2.05) is 6.92 Å². The number of ether oxygens (including phenoxy) is 1. The van der Waals surface area contributed by atoms with Crippen molar-refractivity contribution in [3.8, 4) is 0 Å². The van der Waals surface area contributed by atoms with Crippen LogP contribution in [0.5, 0.6) is 0 Å². The number of Topliss-reactive ketones (excluding diaryl/α,β-unsaturated/α-hetero) is 1. The highest BCUT2D eigenvalue weighted by atomic mass is 16.5. The highest BCUT2D eigenvalue weighted by Gasteiger charge is 2.40. The summed E-state index contributed by atoms with van der Waals surface area (Å²) in [5.74, 6) is 0.665. The molecule has 0 N–H and O–H groups in total. The first-order valence-electron chi connectivity index (χ1n) is 7.14. The van der Waals surface area contributed by atoms with Gasteiger partial charge in [0.15, 0.2) is 0 Å². The molecule has 0 aliphatic carbocycles. The van der Waals surface area contributed by atoms with Crippen LogP contribution in [0, 0.1) is 25.7 Å². The van der Waals surface area contributed by atoms with E-state index in [9.17, 15) is 4.79 Å². The molecule has 2 rings (SSSR count). The van der Waals surface area contributed by atoms with E-state index in [-0.39, 0.29) is 18.1 Å². The lowest BCUT2D eigenvalue weighted by Gasteiger charge is -2.17. The number of benzene rings is 1. The SMILES string of the molecule is Cc1ccc(CC(=O)C2C(C)OC(C)C2C)cc1C. The second-order valence-corrected chi connectivity index (χ2v) is 5.99. The van der Waals surface area contributed by atoms with E-state index in [4.69, 9.17) is 4.74 Å². The van der Waals surface area contributed by atoms with Gasteiger partial charge in [-0.3, -0.25) is 4.79 Å². The lowest BCUT2D eigenvalue weighted by Crippen LogP contribution is -2.28. The second-order valence-electron chi connectivity index (χ2n) is 5.99. The van der Waals surface area contributed by atoms with Crippen molar-refractivity contribution < 1.29 is 9.53 Å². The highest BCUT2D eigenvalue weighted by molar-refractivity contribution is 5.84. The van der Waals surface area contributed by atoms with Crippen molar-refractivity contribution in [3.63, 3.8) is 0 Å². The van der Waals surface area contributed by atoms with E-state index in [0.29, 0.717) is 18.1 Å². The van der Waals surface area contributed by atoms with Gasteiger partial charge in [-0.25, -0.2) is 0 Å². The maximum absolute atomic E-state index is 12.5. The van der Waals surface area contributed by atoms with Crippen LogP contribution in [0.1, 0.15) is 37.5 Å². The van der Waals surface area contributed by atoms with E-state index in [1.165, 1.54) is 11.1 Å². The molecule has 0 aromatic heterocycles. The van der Waals surface area contributed by atoms with Gasteiger partial charge in [-0.2, -0.15) is 0 Å². The summed E-state index contributed by atoms with van der Waals surface area (Å²) in [6, 6.07) is 6.29. The molecule has 1 aliphatic rings. The van der Waals surface area contributed by atoms with Gasteiger partial charge < -0.3 is 4.74 Å². The minimum Gasteiger partial charge on any atom is -0.375 e. The lowest BCUT2D eigenvalue weighted by atomic mass is 9.83. The van der Waals surface area contributed by atoms with Crippen LogP contribution in [0.2, 0.25) is 0 Å². The molecule has 2 heteroatoms. The van der Waals surface area contributed by atoms with E-state index < -0.39 is 0 Å².